The van der Waals surface area contributed by atoms with Gasteiger partial charge in [-0.15, -0.1) is 0 Å². The van der Waals surface area contributed by atoms with Gasteiger partial charge in [0.2, 0.25) is 5.91 Å². The number of ether oxygens (including phenoxy) is 1. The molecule has 0 aromatic rings. The van der Waals surface area contributed by atoms with Gasteiger partial charge in [-0.2, -0.15) is 0 Å². The van der Waals surface area contributed by atoms with E-state index in [1.54, 1.807) is 0 Å². The second kappa shape index (κ2) is 7.07. The van der Waals surface area contributed by atoms with E-state index >= 15 is 0 Å². The maximum Gasteiger partial charge on any atom is 0.222 e. The summed E-state index contributed by atoms with van der Waals surface area (Å²) in [6.45, 7) is 5.78. The van der Waals surface area contributed by atoms with Crippen molar-refractivity contribution in [2.24, 2.45) is 11.3 Å². The molecule has 0 aromatic carbocycles. The number of nitrogens with zero attached hydrogens (tertiary/aromatic N) is 1. The van der Waals surface area contributed by atoms with Crippen molar-refractivity contribution in [3.8, 4) is 0 Å². The van der Waals surface area contributed by atoms with E-state index in [1.807, 2.05) is 0 Å². The van der Waals surface area contributed by atoms with E-state index in [1.165, 1.54) is 12.8 Å². The number of carbonyl (C=O) groups is 1. The van der Waals surface area contributed by atoms with Crippen LogP contribution in [0.25, 0.3) is 0 Å². The van der Waals surface area contributed by atoms with E-state index in [9.17, 15) is 4.79 Å². The fourth-order valence-corrected chi connectivity index (χ4v) is 3.95. The highest BCUT2D eigenvalue weighted by Crippen LogP contribution is 2.34. The third-order valence-corrected chi connectivity index (χ3v) is 6.06. The molecule has 1 unspecified atom stereocenters. The number of alkyl halides is 1. The molecule has 1 amide bonds. The molecule has 3 nitrogen and oxygen atoms in total. The van der Waals surface area contributed by atoms with Gasteiger partial charge in [0.25, 0.3) is 0 Å². The van der Waals surface area contributed by atoms with Gasteiger partial charge in [-0.25, -0.2) is 0 Å². The zero-order valence-corrected chi connectivity index (χ0v) is 13.6. The minimum Gasteiger partial charge on any atom is -0.381 e. The van der Waals surface area contributed by atoms with Crippen LogP contribution in [0.5, 0.6) is 0 Å². The summed E-state index contributed by atoms with van der Waals surface area (Å²) in [4.78, 5) is 14.4. The molecule has 110 valence electrons. The van der Waals surface area contributed by atoms with Crippen LogP contribution in [0.3, 0.4) is 0 Å². The van der Waals surface area contributed by atoms with Gasteiger partial charge in [0.1, 0.15) is 0 Å². The average molecular weight is 332 g/mol. The summed E-state index contributed by atoms with van der Waals surface area (Å²) in [6, 6.07) is 0. The van der Waals surface area contributed by atoms with Crippen LogP contribution in [-0.4, -0.2) is 42.4 Å². The molecule has 0 aromatic heterocycles. The molecular formula is C15H26BrNO2. The average Bonchev–Trinajstić information content (AvgIpc) is 2.63. The van der Waals surface area contributed by atoms with Crippen molar-refractivity contribution in [1.82, 2.24) is 4.90 Å². The van der Waals surface area contributed by atoms with Gasteiger partial charge in [0, 0.05) is 43.5 Å². The molecule has 2 aliphatic rings. The van der Waals surface area contributed by atoms with E-state index in [4.69, 9.17) is 4.74 Å². The first kappa shape index (κ1) is 15.3. The van der Waals surface area contributed by atoms with E-state index in [0.717, 1.165) is 63.2 Å². The van der Waals surface area contributed by atoms with Crippen LogP contribution >= 0.6 is 15.9 Å². The molecule has 0 bridgehead atoms. The summed E-state index contributed by atoms with van der Waals surface area (Å²) in [7, 11) is 0. The maximum absolute atomic E-state index is 12.3. The standard InChI is InChI=1S/C15H26BrNO2/c1-2-13-3-4-14(18)17(8-5-13)12-15(11-16)6-9-19-10-7-15/h13H,2-12H2,1H3. The van der Waals surface area contributed by atoms with E-state index < -0.39 is 0 Å². The third-order valence-electron chi connectivity index (χ3n) is 4.87. The molecule has 2 rings (SSSR count). The second-order valence-electron chi connectivity index (χ2n) is 6.16. The lowest BCUT2D eigenvalue weighted by molar-refractivity contribution is -0.133. The molecule has 4 heteroatoms. The van der Waals surface area contributed by atoms with Gasteiger partial charge in [-0.3, -0.25) is 4.79 Å². The lowest BCUT2D eigenvalue weighted by Gasteiger charge is -2.39. The van der Waals surface area contributed by atoms with E-state index in [0.29, 0.717) is 5.91 Å². The van der Waals surface area contributed by atoms with Gasteiger partial charge in [-0.05, 0) is 31.6 Å². The second-order valence-corrected chi connectivity index (χ2v) is 6.72. The Kier molecular flexibility index (Phi) is 5.70. The Bertz CT molecular complexity index is 303. The third kappa shape index (κ3) is 3.94. The predicted molar refractivity (Wildman–Crippen MR) is 80.5 cm³/mol. The minimum atomic E-state index is 0.236. The maximum atomic E-state index is 12.3. The number of carbonyl (C=O) groups excluding carboxylic acids is 1. The number of amides is 1. The van der Waals surface area contributed by atoms with E-state index in [-0.39, 0.29) is 5.41 Å². The molecule has 19 heavy (non-hydrogen) atoms. The number of likely N-dealkylation sites (tertiary alicyclic amines) is 1. The molecule has 2 aliphatic heterocycles. The molecule has 0 radical (unpaired) electrons. The van der Waals surface area contributed by atoms with Crippen molar-refractivity contribution in [3.05, 3.63) is 0 Å². The lowest BCUT2D eigenvalue weighted by atomic mass is 9.81. The summed E-state index contributed by atoms with van der Waals surface area (Å²) >= 11 is 3.67. The first-order chi connectivity index (χ1) is 9.19. The Labute approximate surface area is 125 Å². The van der Waals surface area contributed by atoms with Gasteiger partial charge < -0.3 is 9.64 Å². The van der Waals surface area contributed by atoms with Gasteiger partial charge in [-0.1, -0.05) is 29.3 Å². The highest BCUT2D eigenvalue weighted by Gasteiger charge is 2.35. The van der Waals surface area contributed by atoms with Crippen molar-refractivity contribution in [3.63, 3.8) is 0 Å². The Balaban J connectivity index is 1.97. The predicted octanol–water partition coefficient (Wildman–Crippen LogP) is 3.22. The Morgan fingerprint density at radius 3 is 2.74 bits per heavy atom. The van der Waals surface area contributed by atoms with Crippen molar-refractivity contribution in [1.29, 1.82) is 0 Å². The first-order valence-corrected chi connectivity index (χ1v) is 8.73. The van der Waals surface area contributed by atoms with Crippen LogP contribution in [0.4, 0.5) is 0 Å². The van der Waals surface area contributed by atoms with E-state index in [2.05, 4.69) is 27.8 Å². The Hall–Kier alpha value is -0.0900. The first-order valence-electron chi connectivity index (χ1n) is 7.60. The highest BCUT2D eigenvalue weighted by molar-refractivity contribution is 9.09. The smallest absolute Gasteiger partial charge is 0.222 e. The topological polar surface area (TPSA) is 29.5 Å². The fourth-order valence-electron chi connectivity index (χ4n) is 3.21. The van der Waals surface area contributed by atoms with Crippen molar-refractivity contribution < 1.29 is 9.53 Å². The lowest BCUT2D eigenvalue weighted by Crippen LogP contribution is -2.45. The SMILES string of the molecule is CCC1CCC(=O)N(CC2(CBr)CCOCC2)CC1. The zero-order chi connectivity index (χ0) is 13.7. The quantitative estimate of drug-likeness (QED) is 0.740. The summed E-state index contributed by atoms with van der Waals surface area (Å²) in [6.07, 6.45) is 6.34. The van der Waals surface area contributed by atoms with Crippen molar-refractivity contribution in [2.45, 2.75) is 45.4 Å². The molecule has 2 heterocycles. The normalized spacial score (nSPS) is 28.2. The van der Waals surface area contributed by atoms with Crippen LogP contribution in [0, 0.1) is 11.3 Å². The van der Waals surface area contributed by atoms with Crippen molar-refractivity contribution >= 4 is 21.8 Å². The van der Waals surface area contributed by atoms with Crippen LogP contribution in [0.15, 0.2) is 0 Å². The fraction of sp³-hybridized carbons (Fsp3) is 0.933. The number of rotatable bonds is 4. The molecule has 0 spiro atoms. The van der Waals surface area contributed by atoms with Crippen LogP contribution < -0.4 is 0 Å². The van der Waals surface area contributed by atoms with Crippen LogP contribution in [0.2, 0.25) is 0 Å². The summed E-state index contributed by atoms with van der Waals surface area (Å²) in [5.41, 5.74) is 0.236. The van der Waals surface area contributed by atoms with Gasteiger partial charge in [0.05, 0.1) is 0 Å². The molecular weight excluding hydrogens is 306 g/mol. The van der Waals surface area contributed by atoms with Crippen LogP contribution in [0.1, 0.15) is 45.4 Å². The number of hydrogen-bond acceptors (Lipinski definition) is 2. The number of hydrogen-bond donors (Lipinski definition) is 0. The van der Waals surface area contributed by atoms with Crippen LogP contribution in [-0.2, 0) is 9.53 Å². The molecule has 0 saturated carbocycles. The summed E-state index contributed by atoms with van der Waals surface area (Å²) in [5, 5.41) is 0.977. The largest absolute Gasteiger partial charge is 0.381 e. The highest BCUT2D eigenvalue weighted by atomic mass is 79.9. The summed E-state index contributed by atoms with van der Waals surface area (Å²) < 4.78 is 5.48. The Morgan fingerprint density at radius 2 is 2.11 bits per heavy atom. The zero-order valence-electron chi connectivity index (χ0n) is 12.0. The van der Waals surface area contributed by atoms with Crippen molar-refractivity contribution in [2.75, 3.05) is 31.6 Å². The molecule has 2 fully saturated rings. The molecule has 1 atom stereocenters. The van der Waals surface area contributed by atoms with Gasteiger partial charge >= 0.3 is 0 Å². The summed E-state index contributed by atoms with van der Waals surface area (Å²) in [5.74, 6) is 1.10. The molecule has 0 aliphatic carbocycles. The molecule has 2 saturated heterocycles. The number of halogens is 1. The van der Waals surface area contributed by atoms with Gasteiger partial charge in [0.15, 0.2) is 0 Å². The monoisotopic (exact) mass is 331 g/mol. The molecule has 0 N–H and O–H groups in total. The minimum absolute atomic E-state index is 0.236. The Morgan fingerprint density at radius 1 is 1.37 bits per heavy atom.